The van der Waals surface area contributed by atoms with Crippen LogP contribution in [0, 0.1) is 0 Å². The Balaban J connectivity index is 1.32. The van der Waals surface area contributed by atoms with Gasteiger partial charge in [0, 0.05) is 27.3 Å². The molecule has 0 aliphatic carbocycles. The summed E-state index contributed by atoms with van der Waals surface area (Å²) >= 11 is 17.7. The van der Waals surface area contributed by atoms with E-state index in [9.17, 15) is 22.8 Å². The van der Waals surface area contributed by atoms with Crippen molar-refractivity contribution in [3.05, 3.63) is 117 Å². The fourth-order valence-electron chi connectivity index (χ4n) is 3.75. The lowest BCUT2D eigenvalue weighted by Crippen LogP contribution is -2.39. The standard InChI is InChI=1S/C29H24Cl3N5O6S/c30-20-6-10-26(11-7-20)44(41,42)37(17-19-4-2-1-3-5-19)18-27(38)36-34-16-25-9-8-24(43-25)15-33-28(39)29(40)35-23-13-21(31)12-22(32)14-23/h1-14,16H,15,17-18H2,(H,33,39)(H,35,40)(H,36,38)/b34-16-. The number of carbonyl (C=O) groups is 3. The molecule has 228 valence electrons. The molecule has 0 aliphatic heterocycles. The van der Waals surface area contributed by atoms with Crippen LogP contribution in [0.1, 0.15) is 17.1 Å². The van der Waals surface area contributed by atoms with E-state index in [1.54, 1.807) is 36.4 Å². The predicted octanol–water partition coefficient (Wildman–Crippen LogP) is 4.84. The number of amides is 3. The van der Waals surface area contributed by atoms with Crippen molar-refractivity contribution in [1.82, 2.24) is 15.0 Å². The van der Waals surface area contributed by atoms with E-state index >= 15 is 0 Å². The normalized spacial score (nSPS) is 11.5. The van der Waals surface area contributed by atoms with Crippen molar-refractivity contribution in [3.8, 4) is 0 Å². The third-order valence-corrected chi connectivity index (χ3v) is 8.28. The Morgan fingerprint density at radius 2 is 1.52 bits per heavy atom. The first-order chi connectivity index (χ1) is 21.0. The van der Waals surface area contributed by atoms with Gasteiger partial charge in [-0.3, -0.25) is 14.4 Å². The van der Waals surface area contributed by atoms with Gasteiger partial charge in [0.05, 0.1) is 24.2 Å². The minimum Gasteiger partial charge on any atom is -0.458 e. The number of halogens is 3. The number of anilines is 1. The summed E-state index contributed by atoms with van der Waals surface area (Å²) in [4.78, 5) is 37.0. The molecule has 0 spiro atoms. The van der Waals surface area contributed by atoms with Crippen LogP contribution in [0.3, 0.4) is 0 Å². The number of carbonyl (C=O) groups excluding carboxylic acids is 3. The number of benzene rings is 3. The molecule has 1 heterocycles. The lowest BCUT2D eigenvalue weighted by atomic mass is 10.2. The topological polar surface area (TPSA) is 150 Å². The van der Waals surface area contributed by atoms with E-state index in [1.807, 2.05) is 0 Å². The van der Waals surface area contributed by atoms with Crippen LogP contribution in [0.5, 0.6) is 0 Å². The number of nitrogens with one attached hydrogen (secondary N) is 3. The van der Waals surface area contributed by atoms with Crippen LogP contribution in [0.4, 0.5) is 5.69 Å². The number of hydrogen-bond acceptors (Lipinski definition) is 7. The number of nitrogens with zero attached hydrogens (tertiary/aromatic N) is 2. The molecule has 3 aromatic carbocycles. The maximum absolute atomic E-state index is 13.3. The summed E-state index contributed by atoms with van der Waals surface area (Å²) in [6.45, 7) is -0.684. The molecular weight excluding hydrogens is 653 g/mol. The predicted molar refractivity (Wildman–Crippen MR) is 167 cm³/mol. The second kappa shape index (κ2) is 15.0. The highest BCUT2D eigenvalue weighted by molar-refractivity contribution is 7.89. The van der Waals surface area contributed by atoms with Gasteiger partial charge in [-0.05, 0) is 60.2 Å². The maximum Gasteiger partial charge on any atom is 0.313 e. The van der Waals surface area contributed by atoms with Gasteiger partial charge < -0.3 is 15.1 Å². The zero-order valence-electron chi connectivity index (χ0n) is 22.7. The van der Waals surface area contributed by atoms with Gasteiger partial charge in [0.2, 0.25) is 10.0 Å². The van der Waals surface area contributed by atoms with E-state index in [2.05, 4.69) is 21.2 Å². The maximum atomic E-state index is 13.3. The smallest absolute Gasteiger partial charge is 0.313 e. The second-order valence-corrected chi connectivity index (χ2v) is 12.4. The van der Waals surface area contributed by atoms with Gasteiger partial charge in [-0.2, -0.15) is 9.41 Å². The van der Waals surface area contributed by atoms with E-state index in [4.69, 9.17) is 39.2 Å². The van der Waals surface area contributed by atoms with Gasteiger partial charge >= 0.3 is 11.8 Å². The van der Waals surface area contributed by atoms with Gasteiger partial charge in [0.15, 0.2) is 0 Å². The fraction of sp³-hybridized carbons (Fsp3) is 0.103. The van der Waals surface area contributed by atoms with Crippen LogP contribution >= 0.6 is 34.8 Å². The Morgan fingerprint density at radius 1 is 0.841 bits per heavy atom. The fourth-order valence-corrected chi connectivity index (χ4v) is 5.79. The van der Waals surface area contributed by atoms with Gasteiger partial charge in [-0.15, -0.1) is 0 Å². The lowest BCUT2D eigenvalue weighted by molar-refractivity contribution is -0.136. The summed E-state index contributed by atoms with van der Waals surface area (Å²) in [5.41, 5.74) is 3.23. The van der Waals surface area contributed by atoms with Crippen molar-refractivity contribution in [1.29, 1.82) is 0 Å². The molecule has 44 heavy (non-hydrogen) atoms. The van der Waals surface area contributed by atoms with Crippen LogP contribution in [-0.2, 0) is 37.5 Å². The molecule has 0 unspecified atom stereocenters. The van der Waals surface area contributed by atoms with Gasteiger partial charge in [0.25, 0.3) is 5.91 Å². The molecule has 0 fully saturated rings. The van der Waals surface area contributed by atoms with Crippen molar-refractivity contribution < 1.29 is 27.2 Å². The van der Waals surface area contributed by atoms with Crippen LogP contribution in [0.2, 0.25) is 15.1 Å². The Morgan fingerprint density at radius 3 is 2.20 bits per heavy atom. The van der Waals surface area contributed by atoms with Crippen molar-refractivity contribution >= 4 is 74.4 Å². The van der Waals surface area contributed by atoms with Gasteiger partial charge in [-0.1, -0.05) is 65.1 Å². The zero-order valence-corrected chi connectivity index (χ0v) is 25.8. The molecule has 0 aliphatic rings. The summed E-state index contributed by atoms with van der Waals surface area (Å²) in [5.74, 6) is -2.02. The first kappa shape index (κ1) is 32.7. The number of furan rings is 1. The Labute approximate surface area is 267 Å². The van der Waals surface area contributed by atoms with Gasteiger partial charge in [0.1, 0.15) is 11.5 Å². The molecule has 0 bridgehead atoms. The number of hydrogen-bond donors (Lipinski definition) is 3. The third-order valence-electron chi connectivity index (χ3n) is 5.79. The monoisotopic (exact) mass is 675 g/mol. The first-order valence-electron chi connectivity index (χ1n) is 12.7. The van der Waals surface area contributed by atoms with Crippen LogP contribution in [-0.4, -0.2) is 43.2 Å². The highest BCUT2D eigenvalue weighted by Gasteiger charge is 2.27. The summed E-state index contributed by atoms with van der Waals surface area (Å²) < 4.78 is 33.2. The summed E-state index contributed by atoms with van der Waals surface area (Å²) in [6.07, 6.45) is 1.20. The third kappa shape index (κ3) is 9.40. The van der Waals surface area contributed by atoms with E-state index < -0.39 is 34.3 Å². The quantitative estimate of drug-likeness (QED) is 0.118. The van der Waals surface area contributed by atoms with Gasteiger partial charge in [-0.25, -0.2) is 13.8 Å². The molecule has 0 radical (unpaired) electrons. The molecule has 4 aromatic rings. The largest absolute Gasteiger partial charge is 0.458 e. The zero-order chi connectivity index (χ0) is 31.7. The lowest BCUT2D eigenvalue weighted by Gasteiger charge is -2.21. The molecule has 3 amide bonds. The SMILES string of the molecule is O=C(CN(Cc1ccccc1)S(=O)(=O)c1ccc(Cl)cc1)N/N=C\c1ccc(CNC(=O)C(=O)Nc2cc(Cl)cc(Cl)c2)o1. The van der Waals surface area contributed by atoms with E-state index in [1.165, 1.54) is 54.7 Å². The molecule has 0 saturated heterocycles. The highest BCUT2D eigenvalue weighted by Crippen LogP contribution is 2.23. The molecule has 1 aromatic heterocycles. The molecule has 0 atom stereocenters. The average Bonchev–Trinajstić information content (AvgIpc) is 3.43. The van der Waals surface area contributed by atoms with E-state index in [0.29, 0.717) is 26.4 Å². The Hall–Kier alpha value is -4.20. The van der Waals surface area contributed by atoms with E-state index in [-0.39, 0.29) is 29.4 Å². The van der Waals surface area contributed by atoms with Crippen LogP contribution < -0.4 is 16.1 Å². The van der Waals surface area contributed by atoms with Crippen molar-refractivity contribution in [2.75, 3.05) is 11.9 Å². The molecule has 0 saturated carbocycles. The van der Waals surface area contributed by atoms with Crippen molar-refractivity contribution in [3.63, 3.8) is 0 Å². The highest BCUT2D eigenvalue weighted by atomic mass is 35.5. The van der Waals surface area contributed by atoms with Crippen molar-refractivity contribution in [2.45, 2.75) is 18.0 Å². The Bertz CT molecular complexity index is 1760. The summed E-state index contributed by atoms with van der Waals surface area (Å²) in [7, 11) is -4.06. The van der Waals surface area contributed by atoms with Crippen molar-refractivity contribution in [2.24, 2.45) is 5.10 Å². The number of hydrazone groups is 1. The molecular formula is C29H24Cl3N5O6S. The van der Waals surface area contributed by atoms with E-state index in [0.717, 1.165) is 4.31 Å². The minimum absolute atomic E-state index is 0.0179. The summed E-state index contributed by atoms with van der Waals surface area (Å²) in [6, 6.07) is 21.9. The first-order valence-corrected chi connectivity index (χ1v) is 15.3. The van der Waals surface area contributed by atoms with Crippen LogP contribution in [0.25, 0.3) is 0 Å². The molecule has 11 nitrogen and oxygen atoms in total. The molecule has 4 rings (SSSR count). The number of sulfonamides is 1. The summed E-state index contributed by atoms with van der Waals surface area (Å²) in [5, 5.41) is 9.60. The van der Waals surface area contributed by atoms with Crippen LogP contribution in [0.15, 0.2) is 99.3 Å². The molecule has 15 heteroatoms. The molecule has 3 N–H and O–H groups in total. The minimum atomic E-state index is -4.06. The number of rotatable bonds is 11. The average molecular weight is 677 g/mol. The second-order valence-electron chi connectivity index (χ2n) is 9.10. The Kier molecular flexibility index (Phi) is 11.1.